The summed E-state index contributed by atoms with van der Waals surface area (Å²) in [6.45, 7) is 2.80. The molecule has 1 aromatic heterocycles. The van der Waals surface area contributed by atoms with Gasteiger partial charge in [-0.15, -0.1) is 0 Å². The van der Waals surface area contributed by atoms with Gasteiger partial charge in [-0.2, -0.15) is 5.10 Å². The molecule has 2 aromatic rings. The van der Waals surface area contributed by atoms with Crippen LogP contribution in [-0.4, -0.2) is 15.8 Å². The molecule has 0 spiro atoms. The van der Waals surface area contributed by atoms with Gasteiger partial charge in [0.2, 0.25) is 0 Å². The zero-order valence-corrected chi connectivity index (χ0v) is 11.4. The highest BCUT2D eigenvalue weighted by atomic mass is 79.9. The Bertz CT molecular complexity index is 491. The molecule has 0 amide bonds. The molecule has 4 heteroatoms. The molecule has 17 heavy (non-hydrogen) atoms. The molecule has 0 saturated heterocycles. The van der Waals surface area contributed by atoms with Crippen LogP contribution in [0.4, 0.5) is 0 Å². The van der Waals surface area contributed by atoms with Gasteiger partial charge in [0.05, 0.1) is 12.7 Å². The van der Waals surface area contributed by atoms with E-state index in [-0.39, 0.29) is 6.04 Å². The third-order valence-corrected chi connectivity index (χ3v) is 2.97. The molecule has 1 atom stereocenters. The highest BCUT2D eigenvalue weighted by molar-refractivity contribution is 9.10. The van der Waals surface area contributed by atoms with Crippen molar-refractivity contribution < 1.29 is 0 Å². The van der Waals surface area contributed by atoms with Crippen molar-refractivity contribution in [3.8, 4) is 0 Å². The number of hydrogen-bond acceptors (Lipinski definition) is 2. The van der Waals surface area contributed by atoms with Crippen molar-refractivity contribution in [1.29, 1.82) is 0 Å². The van der Waals surface area contributed by atoms with Crippen LogP contribution in [0.25, 0.3) is 0 Å². The molecule has 0 saturated carbocycles. The number of benzene rings is 1. The van der Waals surface area contributed by atoms with Gasteiger partial charge in [-0.3, -0.25) is 4.68 Å². The standard InChI is InChI=1S/C13H16BrN3/c1-10(15)5-12-7-16-17(9-12)8-11-3-2-4-13(14)6-11/h2-4,6-7,9-10H,5,8,15H2,1H3. The van der Waals surface area contributed by atoms with Crippen molar-refractivity contribution in [2.24, 2.45) is 5.73 Å². The molecule has 0 aliphatic carbocycles. The summed E-state index contributed by atoms with van der Waals surface area (Å²) in [5.74, 6) is 0. The van der Waals surface area contributed by atoms with Crippen molar-refractivity contribution in [3.63, 3.8) is 0 Å². The minimum absolute atomic E-state index is 0.179. The van der Waals surface area contributed by atoms with Gasteiger partial charge >= 0.3 is 0 Å². The van der Waals surface area contributed by atoms with Crippen LogP contribution in [0.5, 0.6) is 0 Å². The van der Waals surface area contributed by atoms with Crippen LogP contribution in [0, 0.1) is 0 Å². The SMILES string of the molecule is CC(N)Cc1cnn(Cc2cccc(Br)c2)c1. The lowest BCUT2D eigenvalue weighted by molar-refractivity contribution is 0.683. The lowest BCUT2D eigenvalue weighted by atomic mass is 10.1. The average Bonchev–Trinajstić information content (AvgIpc) is 2.64. The summed E-state index contributed by atoms with van der Waals surface area (Å²) in [4.78, 5) is 0. The van der Waals surface area contributed by atoms with Crippen molar-refractivity contribution in [3.05, 3.63) is 52.3 Å². The van der Waals surface area contributed by atoms with Crippen molar-refractivity contribution >= 4 is 15.9 Å². The number of nitrogens with zero attached hydrogens (tertiary/aromatic N) is 2. The normalized spacial score (nSPS) is 12.6. The fourth-order valence-electron chi connectivity index (χ4n) is 1.79. The maximum atomic E-state index is 5.76. The molecule has 3 nitrogen and oxygen atoms in total. The second-order valence-corrected chi connectivity index (χ2v) is 5.27. The van der Waals surface area contributed by atoms with Gasteiger partial charge in [0.1, 0.15) is 0 Å². The van der Waals surface area contributed by atoms with E-state index in [2.05, 4.69) is 39.4 Å². The average molecular weight is 294 g/mol. The van der Waals surface area contributed by atoms with Crippen LogP contribution in [-0.2, 0) is 13.0 Å². The second-order valence-electron chi connectivity index (χ2n) is 4.36. The molecule has 1 heterocycles. The zero-order chi connectivity index (χ0) is 12.3. The van der Waals surface area contributed by atoms with Crippen LogP contribution in [0.1, 0.15) is 18.1 Å². The Labute approximate surface area is 110 Å². The molecule has 0 aliphatic heterocycles. The molecule has 0 aliphatic rings. The van der Waals surface area contributed by atoms with E-state index in [0.717, 1.165) is 17.4 Å². The van der Waals surface area contributed by atoms with Gasteiger partial charge in [-0.05, 0) is 36.6 Å². The minimum Gasteiger partial charge on any atom is -0.328 e. The Morgan fingerprint density at radius 1 is 1.41 bits per heavy atom. The number of hydrogen-bond donors (Lipinski definition) is 1. The fourth-order valence-corrected chi connectivity index (χ4v) is 2.24. The van der Waals surface area contributed by atoms with Crippen molar-refractivity contribution in [2.45, 2.75) is 25.9 Å². The first-order chi connectivity index (χ1) is 8.13. The van der Waals surface area contributed by atoms with E-state index < -0.39 is 0 Å². The molecule has 90 valence electrons. The monoisotopic (exact) mass is 293 g/mol. The predicted octanol–water partition coefficient (Wildman–Crippen LogP) is 2.58. The Kier molecular flexibility index (Phi) is 3.97. The lowest BCUT2D eigenvalue weighted by Crippen LogP contribution is -2.17. The molecular formula is C13H16BrN3. The highest BCUT2D eigenvalue weighted by Gasteiger charge is 2.02. The first kappa shape index (κ1) is 12.3. The smallest absolute Gasteiger partial charge is 0.0659 e. The summed E-state index contributed by atoms with van der Waals surface area (Å²) in [5, 5.41) is 4.34. The van der Waals surface area contributed by atoms with E-state index in [1.165, 1.54) is 11.1 Å². The lowest BCUT2D eigenvalue weighted by Gasteiger charge is -2.03. The second kappa shape index (κ2) is 5.47. The summed E-state index contributed by atoms with van der Waals surface area (Å²) in [6.07, 6.45) is 4.82. The molecule has 2 N–H and O–H groups in total. The molecular weight excluding hydrogens is 278 g/mol. The van der Waals surface area contributed by atoms with Crippen LogP contribution < -0.4 is 5.73 Å². The molecule has 0 fully saturated rings. The first-order valence-corrected chi connectivity index (χ1v) is 6.44. The fraction of sp³-hybridized carbons (Fsp3) is 0.308. The number of nitrogens with two attached hydrogens (primary N) is 1. The Hall–Kier alpha value is -1.13. The molecule has 0 bridgehead atoms. The zero-order valence-electron chi connectivity index (χ0n) is 9.81. The summed E-state index contributed by atoms with van der Waals surface area (Å²) >= 11 is 3.47. The van der Waals surface area contributed by atoms with Gasteiger partial charge in [0.25, 0.3) is 0 Å². The number of halogens is 1. The summed E-state index contributed by atoms with van der Waals surface area (Å²) < 4.78 is 3.04. The third-order valence-electron chi connectivity index (χ3n) is 2.48. The van der Waals surface area contributed by atoms with Crippen LogP contribution in [0.3, 0.4) is 0 Å². The van der Waals surface area contributed by atoms with E-state index in [4.69, 9.17) is 5.73 Å². The van der Waals surface area contributed by atoms with Gasteiger partial charge in [-0.25, -0.2) is 0 Å². The topological polar surface area (TPSA) is 43.8 Å². The highest BCUT2D eigenvalue weighted by Crippen LogP contribution is 2.13. The predicted molar refractivity (Wildman–Crippen MR) is 72.8 cm³/mol. The largest absolute Gasteiger partial charge is 0.328 e. The van der Waals surface area contributed by atoms with E-state index in [0.29, 0.717) is 0 Å². The van der Waals surface area contributed by atoms with Gasteiger partial charge in [0.15, 0.2) is 0 Å². The number of aromatic nitrogens is 2. The Balaban J connectivity index is 2.06. The van der Waals surface area contributed by atoms with Crippen LogP contribution >= 0.6 is 15.9 Å². The van der Waals surface area contributed by atoms with E-state index in [1.807, 2.05) is 29.9 Å². The van der Waals surface area contributed by atoms with E-state index >= 15 is 0 Å². The van der Waals surface area contributed by atoms with Gasteiger partial charge < -0.3 is 5.73 Å². The van der Waals surface area contributed by atoms with Crippen LogP contribution in [0.15, 0.2) is 41.1 Å². The van der Waals surface area contributed by atoms with Crippen LogP contribution in [0.2, 0.25) is 0 Å². The van der Waals surface area contributed by atoms with Crippen molar-refractivity contribution in [1.82, 2.24) is 9.78 Å². The third kappa shape index (κ3) is 3.68. The molecule has 2 rings (SSSR count). The van der Waals surface area contributed by atoms with E-state index in [1.54, 1.807) is 0 Å². The van der Waals surface area contributed by atoms with E-state index in [9.17, 15) is 0 Å². The number of rotatable bonds is 4. The first-order valence-electron chi connectivity index (χ1n) is 5.65. The molecule has 1 unspecified atom stereocenters. The summed E-state index contributed by atoms with van der Waals surface area (Å²) in [7, 11) is 0. The van der Waals surface area contributed by atoms with Gasteiger partial charge in [-0.1, -0.05) is 28.1 Å². The summed E-state index contributed by atoms with van der Waals surface area (Å²) in [5.41, 5.74) is 8.18. The van der Waals surface area contributed by atoms with Crippen molar-refractivity contribution in [2.75, 3.05) is 0 Å². The quantitative estimate of drug-likeness (QED) is 0.942. The Morgan fingerprint density at radius 3 is 2.94 bits per heavy atom. The minimum atomic E-state index is 0.179. The molecule has 1 aromatic carbocycles. The Morgan fingerprint density at radius 2 is 2.24 bits per heavy atom. The molecule has 0 radical (unpaired) electrons. The summed E-state index contributed by atoms with van der Waals surface area (Å²) in [6, 6.07) is 8.43. The van der Waals surface area contributed by atoms with Gasteiger partial charge in [0, 0.05) is 16.7 Å². The maximum Gasteiger partial charge on any atom is 0.0659 e. The maximum absolute atomic E-state index is 5.76.